The number of halogens is 2. The van der Waals surface area contributed by atoms with Crippen LogP contribution in [0.3, 0.4) is 0 Å². The first kappa shape index (κ1) is 13.5. The highest BCUT2D eigenvalue weighted by Crippen LogP contribution is 2.34. The molecule has 0 aliphatic heterocycles. The summed E-state index contributed by atoms with van der Waals surface area (Å²) >= 11 is 0. The van der Waals surface area contributed by atoms with Crippen LogP contribution >= 0.6 is 0 Å². The summed E-state index contributed by atoms with van der Waals surface area (Å²) in [7, 11) is 1.32. The largest absolute Gasteiger partial charge is 0.464 e. The molecule has 5 heteroatoms. The van der Waals surface area contributed by atoms with E-state index in [1.165, 1.54) is 19.2 Å². The SMILES string of the molecule is COC(=O)c1cc2c([nH]1)CC/C2=C/c1ccc(F)cc1F. The molecule has 21 heavy (non-hydrogen) atoms. The van der Waals surface area contributed by atoms with Crippen molar-refractivity contribution < 1.29 is 18.3 Å². The van der Waals surface area contributed by atoms with Crippen molar-refractivity contribution in [1.29, 1.82) is 0 Å². The normalized spacial score (nSPS) is 15.3. The minimum absolute atomic E-state index is 0.333. The number of benzene rings is 1. The number of carbonyl (C=O) groups excluding carboxylic acids is 1. The third-order valence-corrected chi connectivity index (χ3v) is 3.59. The molecule has 0 unspecified atom stereocenters. The Kier molecular flexibility index (Phi) is 3.33. The zero-order valence-corrected chi connectivity index (χ0v) is 11.4. The van der Waals surface area contributed by atoms with Crippen LogP contribution in [0.15, 0.2) is 24.3 Å². The quantitative estimate of drug-likeness (QED) is 0.859. The van der Waals surface area contributed by atoms with Gasteiger partial charge in [0.05, 0.1) is 7.11 Å². The molecule has 1 N–H and O–H groups in total. The number of nitrogens with one attached hydrogen (secondary N) is 1. The van der Waals surface area contributed by atoms with Gasteiger partial charge in [0.25, 0.3) is 0 Å². The van der Waals surface area contributed by atoms with Gasteiger partial charge in [-0.2, -0.15) is 0 Å². The topological polar surface area (TPSA) is 42.1 Å². The Balaban J connectivity index is 1.98. The molecule has 3 nitrogen and oxygen atoms in total. The van der Waals surface area contributed by atoms with Crippen molar-refractivity contribution in [3.8, 4) is 0 Å². The molecule has 0 atom stereocenters. The molecule has 1 heterocycles. The maximum atomic E-state index is 13.7. The molecule has 0 saturated heterocycles. The Morgan fingerprint density at radius 1 is 1.29 bits per heavy atom. The minimum Gasteiger partial charge on any atom is -0.464 e. The summed E-state index contributed by atoms with van der Waals surface area (Å²) in [6, 6.07) is 5.20. The lowest BCUT2D eigenvalue weighted by atomic mass is 10.1. The molecule has 0 amide bonds. The van der Waals surface area contributed by atoms with Gasteiger partial charge in [-0.25, -0.2) is 13.6 Å². The summed E-state index contributed by atoms with van der Waals surface area (Å²) in [6.07, 6.45) is 3.19. The van der Waals surface area contributed by atoms with Crippen molar-refractivity contribution in [2.24, 2.45) is 0 Å². The summed E-state index contributed by atoms with van der Waals surface area (Å²) in [5.41, 5.74) is 3.46. The molecule has 3 rings (SSSR count). The number of rotatable bonds is 2. The van der Waals surface area contributed by atoms with Gasteiger partial charge in [0.15, 0.2) is 0 Å². The third-order valence-electron chi connectivity index (χ3n) is 3.59. The van der Waals surface area contributed by atoms with Crippen molar-refractivity contribution in [1.82, 2.24) is 4.98 Å². The predicted octanol–water partition coefficient (Wildman–Crippen LogP) is 3.57. The Morgan fingerprint density at radius 2 is 2.10 bits per heavy atom. The van der Waals surface area contributed by atoms with Crippen LogP contribution in [0.5, 0.6) is 0 Å². The molecule has 1 aliphatic carbocycles. The molecular weight excluding hydrogens is 276 g/mol. The van der Waals surface area contributed by atoms with E-state index in [0.29, 0.717) is 11.3 Å². The molecule has 1 aliphatic rings. The van der Waals surface area contributed by atoms with E-state index < -0.39 is 17.6 Å². The minimum atomic E-state index is -0.601. The fourth-order valence-corrected chi connectivity index (χ4v) is 2.55. The number of ether oxygens (including phenoxy) is 1. The van der Waals surface area contributed by atoms with Crippen LogP contribution < -0.4 is 0 Å². The number of methoxy groups -OCH3 is 1. The highest BCUT2D eigenvalue weighted by Gasteiger charge is 2.22. The third kappa shape index (κ3) is 2.46. The molecular formula is C16H13F2NO2. The predicted molar refractivity (Wildman–Crippen MR) is 74.7 cm³/mol. The Morgan fingerprint density at radius 3 is 2.81 bits per heavy atom. The summed E-state index contributed by atoms with van der Waals surface area (Å²) in [5, 5.41) is 0. The number of aromatic amines is 1. The lowest BCUT2D eigenvalue weighted by molar-refractivity contribution is 0.0594. The summed E-state index contributed by atoms with van der Waals surface area (Å²) in [5.74, 6) is -1.63. The molecule has 2 aromatic rings. The zero-order chi connectivity index (χ0) is 15.0. The number of esters is 1. The molecule has 1 aromatic heterocycles. The summed E-state index contributed by atoms with van der Waals surface area (Å²) in [6.45, 7) is 0. The van der Waals surface area contributed by atoms with Crippen molar-refractivity contribution in [2.75, 3.05) is 7.11 Å². The molecule has 0 radical (unpaired) electrons. The Hall–Kier alpha value is -2.43. The van der Waals surface area contributed by atoms with Crippen LogP contribution in [0.2, 0.25) is 0 Å². The highest BCUT2D eigenvalue weighted by atomic mass is 19.1. The fraction of sp³-hybridized carbons (Fsp3) is 0.188. The first-order valence-corrected chi connectivity index (χ1v) is 6.54. The van der Waals surface area contributed by atoms with Gasteiger partial charge in [0.1, 0.15) is 17.3 Å². The van der Waals surface area contributed by atoms with Crippen LogP contribution in [0.25, 0.3) is 11.6 Å². The molecule has 0 saturated carbocycles. The molecule has 0 spiro atoms. The van der Waals surface area contributed by atoms with E-state index in [1.807, 2.05) is 0 Å². The number of hydrogen-bond donors (Lipinski definition) is 1. The van der Waals surface area contributed by atoms with E-state index in [-0.39, 0.29) is 0 Å². The summed E-state index contributed by atoms with van der Waals surface area (Å²) < 4.78 is 31.3. The number of allylic oxidation sites excluding steroid dienone is 1. The van der Waals surface area contributed by atoms with E-state index in [4.69, 9.17) is 0 Å². The van der Waals surface area contributed by atoms with Crippen molar-refractivity contribution >= 4 is 17.6 Å². The summed E-state index contributed by atoms with van der Waals surface area (Å²) in [4.78, 5) is 14.5. The second-order valence-corrected chi connectivity index (χ2v) is 4.90. The second kappa shape index (κ2) is 5.16. The smallest absolute Gasteiger partial charge is 0.354 e. The number of H-pyrrole nitrogens is 1. The van der Waals surface area contributed by atoms with Gasteiger partial charge in [-0.1, -0.05) is 0 Å². The van der Waals surface area contributed by atoms with E-state index in [9.17, 15) is 13.6 Å². The maximum absolute atomic E-state index is 13.7. The monoisotopic (exact) mass is 289 g/mol. The number of fused-ring (bicyclic) bond motifs is 1. The van der Waals surface area contributed by atoms with Gasteiger partial charge in [-0.15, -0.1) is 0 Å². The van der Waals surface area contributed by atoms with Crippen LogP contribution in [0.1, 0.15) is 33.7 Å². The number of hydrogen-bond acceptors (Lipinski definition) is 2. The van der Waals surface area contributed by atoms with Crippen LogP contribution in [0.4, 0.5) is 8.78 Å². The van der Waals surface area contributed by atoms with Gasteiger partial charge in [0, 0.05) is 17.3 Å². The molecule has 0 bridgehead atoms. The van der Waals surface area contributed by atoms with Gasteiger partial charge in [0.2, 0.25) is 0 Å². The van der Waals surface area contributed by atoms with Gasteiger partial charge < -0.3 is 9.72 Å². The van der Waals surface area contributed by atoms with E-state index in [2.05, 4.69) is 9.72 Å². The van der Waals surface area contributed by atoms with Crippen LogP contribution in [-0.2, 0) is 11.2 Å². The highest BCUT2D eigenvalue weighted by molar-refractivity contribution is 5.92. The maximum Gasteiger partial charge on any atom is 0.354 e. The number of carbonyl (C=O) groups is 1. The van der Waals surface area contributed by atoms with Gasteiger partial charge >= 0.3 is 5.97 Å². The molecule has 0 fully saturated rings. The van der Waals surface area contributed by atoms with Gasteiger partial charge in [-0.05, 0) is 48.3 Å². The van der Waals surface area contributed by atoms with E-state index >= 15 is 0 Å². The van der Waals surface area contributed by atoms with E-state index in [1.54, 1.807) is 12.1 Å². The van der Waals surface area contributed by atoms with Crippen molar-refractivity contribution in [3.63, 3.8) is 0 Å². The average Bonchev–Trinajstić information content (AvgIpc) is 3.02. The molecule has 1 aromatic carbocycles. The van der Waals surface area contributed by atoms with Crippen molar-refractivity contribution in [3.05, 3.63) is 58.4 Å². The lowest BCUT2D eigenvalue weighted by Gasteiger charge is -2.01. The van der Waals surface area contributed by atoms with E-state index in [0.717, 1.165) is 35.7 Å². The standard InChI is InChI=1S/C16H13F2NO2/c1-21-16(20)15-8-12-9(3-5-14(12)19-15)6-10-2-4-11(17)7-13(10)18/h2,4,6-8,19H,3,5H2,1H3/b9-6-. The lowest BCUT2D eigenvalue weighted by Crippen LogP contribution is -2.01. The van der Waals surface area contributed by atoms with Crippen molar-refractivity contribution in [2.45, 2.75) is 12.8 Å². The molecule has 108 valence electrons. The van der Waals surface area contributed by atoms with Gasteiger partial charge in [-0.3, -0.25) is 0 Å². The number of aryl methyl sites for hydroxylation is 1. The average molecular weight is 289 g/mol. The first-order valence-electron chi connectivity index (χ1n) is 6.54. The zero-order valence-electron chi connectivity index (χ0n) is 11.4. The first-order chi connectivity index (χ1) is 10.1. The van der Waals surface area contributed by atoms with Crippen LogP contribution in [0, 0.1) is 11.6 Å². The number of aromatic nitrogens is 1. The fourth-order valence-electron chi connectivity index (χ4n) is 2.55. The Bertz CT molecular complexity index is 747. The Labute approximate surface area is 120 Å². The second-order valence-electron chi connectivity index (χ2n) is 4.90. The van der Waals surface area contributed by atoms with Crippen LogP contribution in [-0.4, -0.2) is 18.1 Å².